The Labute approximate surface area is 143 Å². The first-order valence-corrected chi connectivity index (χ1v) is 8.82. The summed E-state index contributed by atoms with van der Waals surface area (Å²) in [7, 11) is 0. The lowest BCUT2D eigenvalue weighted by molar-refractivity contribution is 0.0697. The van der Waals surface area contributed by atoms with Crippen molar-refractivity contribution in [3.63, 3.8) is 0 Å². The van der Waals surface area contributed by atoms with Crippen LogP contribution in [0.1, 0.15) is 47.2 Å². The smallest absolute Gasteiger partial charge is 0.335 e. The van der Waals surface area contributed by atoms with Crippen LogP contribution in [0.4, 0.5) is 0 Å². The van der Waals surface area contributed by atoms with Gasteiger partial charge in [-0.1, -0.05) is 55.3 Å². The summed E-state index contributed by atoms with van der Waals surface area (Å²) in [6.07, 6.45) is 6.26. The molecule has 2 unspecified atom stereocenters. The van der Waals surface area contributed by atoms with E-state index in [0.717, 1.165) is 18.5 Å². The maximum atomic E-state index is 10.9. The minimum Gasteiger partial charge on any atom is -0.478 e. The summed E-state index contributed by atoms with van der Waals surface area (Å²) >= 11 is 0. The van der Waals surface area contributed by atoms with Crippen LogP contribution >= 0.6 is 0 Å². The molecule has 0 saturated heterocycles. The Balaban J connectivity index is 1.58. The summed E-state index contributed by atoms with van der Waals surface area (Å²) in [5.41, 5.74) is 2.91. The summed E-state index contributed by atoms with van der Waals surface area (Å²) in [5, 5.41) is 12.7. The molecule has 3 heteroatoms. The van der Waals surface area contributed by atoms with Gasteiger partial charge in [0, 0.05) is 12.6 Å². The number of carboxylic acids is 1. The lowest BCUT2D eigenvalue weighted by Crippen LogP contribution is -2.39. The Bertz CT molecular complexity index is 651. The summed E-state index contributed by atoms with van der Waals surface area (Å²) in [5.74, 6) is -0.191. The molecule has 2 aromatic carbocycles. The van der Waals surface area contributed by atoms with Crippen LogP contribution in [-0.2, 0) is 13.0 Å². The Morgan fingerprint density at radius 1 is 0.958 bits per heavy atom. The first-order chi connectivity index (χ1) is 11.7. The molecule has 0 aliphatic heterocycles. The van der Waals surface area contributed by atoms with Gasteiger partial charge in [0.1, 0.15) is 0 Å². The van der Waals surface area contributed by atoms with Crippen molar-refractivity contribution in [3.8, 4) is 0 Å². The Morgan fingerprint density at radius 2 is 1.67 bits per heavy atom. The zero-order chi connectivity index (χ0) is 16.8. The Morgan fingerprint density at radius 3 is 2.38 bits per heavy atom. The van der Waals surface area contributed by atoms with E-state index in [-0.39, 0.29) is 0 Å². The average molecular weight is 323 g/mol. The molecule has 1 aliphatic carbocycles. The number of hydrogen-bond acceptors (Lipinski definition) is 2. The van der Waals surface area contributed by atoms with Crippen LogP contribution in [0.5, 0.6) is 0 Å². The van der Waals surface area contributed by atoms with Gasteiger partial charge in [0.2, 0.25) is 0 Å². The molecule has 0 spiro atoms. The minimum absolute atomic E-state index is 0.346. The number of aromatic carboxylic acids is 1. The molecule has 2 atom stereocenters. The second-order valence-electron chi connectivity index (χ2n) is 6.72. The standard InChI is InChI=1S/C21H25NO2/c23-21(24)18-12-10-17(11-13-18)15-22-20-9-5-4-8-19(20)14-16-6-2-1-3-7-16/h1-3,6-7,10-13,19-20,22H,4-5,8-9,14-15H2,(H,23,24). The van der Waals surface area contributed by atoms with Gasteiger partial charge in [-0.15, -0.1) is 0 Å². The monoisotopic (exact) mass is 323 g/mol. The maximum absolute atomic E-state index is 10.9. The second-order valence-corrected chi connectivity index (χ2v) is 6.72. The van der Waals surface area contributed by atoms with Gasteiger partial charge in [0.25, 0.3) is 0 Å². The molecule has 2 N–H and O–H groups in total. The van der Waals surface area contributed by atoms with Crippen LogP contribution in [0.2, 0.25) is 0 Å². The van der Waals surface area contributed by atoms with Crippen molar-refractivity contribution >= 4 is 5.97 Å². The summed E-state index contributed by atoms with van der Waals surface area (Å²) in [4.78, 5) is 10.9. The highest BCUT2D eigenvalue weighted by molar-refractivity contribution is 5.87. The molecule has 3 nitrogen and oxygen atoms in total. The fraction of sp³-hybridized carbons (Fsp3) is 0.381. The second kappa shape index (κ2) is 8.11. The summed E-state index contributed by atoms with van der Waals surface area (Å²) in [6.45, 7) is 0.801. The summed E-state index contributed by atoms with van der Waals surface area (Å²) in [6, 6.07) is 18.5. The van der Waals surface area contributed by atoms with E-state index in [9.17, 15) is 4.79 Å². The largest absolute Gasteiger partial charge is 0.478 e. The first kappa shape index (κ1) is 16.7. The van der Waals surface area contributed by atoms with Gasteiger partial charge in [-0.25, -0.2) is 4.79 Å². The molecule has 0 radical (unpaired) electrons. The van der Waals surface area contributed by atoms with Gasteiger partial charge in [-0.05, 0) is 48.4 Å². The number of hydrogen-bond donors (Lipinski definition) is 2. The number of carbonyl (C=O) groups is 1. The van der Waals surface area contributed by atoms with E-state index in [1.165, 1.54) is 31.2 Å². The topological polar surface area (TPSA) is 49.3 Å². The third kappa shape index (κ3) is 4.45. The molecular formula is C21H25NO2. The van der Waals surface area contributed by atoms with Gasteiger partial charge >= 0.3 is 5.97 Å². The van der Waals surface area contributed by atoms with Crippen molar-refractivity contribution in [2.45, 2.75) is 44.7 Å². The first-order valence-electron chi connectivity index (χ1n) is 8.82. The molecular weight excluding hydrogens is 298 g/mol. The third-order valence-corrected chi connectivity index (χ3v) is 5.02. The van der Waals surface area contributed by atoms with Crippen LogP contribution in [-0.4, -0.2) is 17.1 Å². The van der Waals surface area contributed by atoms with Crippen molar-refractivity contribution in [1.29, 1.82) is 0 Å². The predicted molar refractivity (Wildman–Crippen MR) is 96.1 cm³/mol. The molecule has 126 valence electrons. The molecule has 1 aliphatic rings. The molecule has 0 amide bonds. The van der Waals surface area contributed by atoms with Crippen molar-refractivity contribution < 1.29 is 9.90 Å². The van der Waals surface area contributed by atoms with E-state index in [2.05, 4.69) is 35.6 Å². The molecule has 1 saturated carbocycles. The maximum Gasteiger partial charge on any atom is 0.335 e. The number of nitrogens with one attached hydrogen (secondary N) is 1. The van der Waals surface area contributed by atoms with Crippen molar-refractivity contribution in [3.05, 3.63) is 71.3 Å². The predicted octanol–water partition coefficient (Wildman–Crippen LogP) is 4.28. The molecule has 0 heterocycles. The highest BCUT2D eigenvalue weighted by Gasteiger charge is 2.24. The van der Waals surface area contributed by atoms with Crippen molar-refractivity contribution in [2.75, 3.05) is 0 Å². The number of benzene rings is 2. The van der Waals surface area contributed by atoms with E-state index in [1.54, 1.807) is 12.1 Å². The number of carboxylic acid groups (broad SMARTS) is 1. The van der Waals surface area contributed by atoms with E-state index >= 15 is 0 Å². The van der Waals surface area contributed by atoms with Gasteiger partial charge in [-0.2, -0.15) is 0 Å². The molecule has 1 fully saturated rings. The van der Waals surface area contributed by atoms with Gasteiger partial charge in [-0.3, -0.25) is 0 Å². The lowest BCUT2D eigenvalue weighted by Gasteiger charge is -2.32. The Hall–Kier alpha value is -2.13. The van der Waals surface area contributed by atoms with Crippen LogP contribution in [0.15, 0.2) is 54.6 Å². The average Bonchev–Trinajstić information content (AvgIpc) is 2.62. The highest BCUT2D eigenvalue weighted by atomic mass is 16.4. The van der Waals surface area contributed by atoms with E-state index in [4.69, 9.17) is 5.11 Å². The SMILES string of the molecule is O=C(O)c1ccc(CNC2CCCCC2Cc2ccccc2)cc1. The number of rotatable bonds is 6. The third-order valence-electron chi connectivity index (χ3n) is 5.02. The van der Waals surface area contributed by atoms with Crippen LogP contribution in [0.25, 0.3) is 0 Å². The molecule has 2 aromatic rings. The Kier molecular flexibility index (Phi) is 5.65. The van der Waals surface area contributed by atoms with Crippen molar-refractivity contribution in [1.82, 2.24) is 5.32 Å². The van der Waals surface area contributed by atoms with Crippen LogP contribution in [0.3, 0.4) is 0 Å². The fourth-order valence-electron chi connectivity index (χ4n) is 3.65. The normalized spacial score (nSPS) is 20.7. The van der Waals surface area contributed by atoms with Gasteiger partial charge in [0.15, 0.2) is 0 Å². The molecule has 24 heavy (non-hydrogen) atoms. The zero-order valence-corrected chi connectivity index (χ0v) is 13.9. The molecule has 3 rings (SSSR count). The van der Waals surface area contributed by atoms with E-state index in [1.807, 2.05) is 12.1 Å². The quantitative estimate of drug-likeness (QED) is 0.834. The molecule has 0 aromatic heterocycles. The van der Waals surface area contributed by atoms with Gasteiger partial charge < -0.3 is 10.4 Å². The minimum atomic E-state index is -0.871. The summed E-state index contributed by atoms with van der Waals surface area (Å²) < 4.78 is 0. The van der Waals surface area contributed by atoms with E-state index in [0.29, 0.717) is 17.5 Å². The van der Waals surface area contributed by atoms with Crippen LogP contribution in [0, 0.1) is 5.92 Å². The van der Waals surface area contributed by atoms with Crippen LogP contribution < -0.4 is 5.32 Å². The zero-order valence-electron chi connectivity index (χ0n) is 13.9. The van der Waals surface area contributed by atoms with E-state index < -0.39 is 5.97 Å². The lowest BCUT2D eigenvalue weighted by atomic mass is 9.80. The fourth-order valence-corrected chi connectivity index (χ4v) is 3.65. The van der Waals surface area contributed by atoms with Crippen molar-refractivity contribution in [2.24, 2.45) is 5.92 Å². The molecule has 0 bridgehead atoms. The highest BCUT2D eigenvalue weighted by Crippen LogP contribution is 2.28. The van der Waals surface area contributed by atoms with Gasteiger partial charge in [0.05, 0.1) is 5.56 Å².